The zero-order chi connectivity index (χ0) is 12.8. The van der Waals surface area contributed by atoms with Crippen LogP contribution in [0.1, 0.15) is 10.4 Å². The number of nitrogens with zero attached hydrogens (tertiary/aromatic N) is 1. The Bertz CT molecular complexity index is 515. The van der Waals surface area contributed by atoms with E-state index in [1.54, 1.807) is 0 Å². The summed E-state index contributed by atoms with van der Waals surface area (Å²) >= 11 is 0. The van der Waals surface area contributed by atoms with Crippen LogP contribution in [0.3, 0.4) is 0 Å². The second-order valence-electron chi connectivity index (χ2n) is 3.20. The molecule has 0 aromatic heterocycles. The molecule has 0 atom stereocenters. The van der Waals surface area contributed by atoms with Crippen molar-refractivity contribution in [3.63, 3.8) is 0 Å². The monoisotopic (exact) mass is 229 g/mol. The molecule has 0 aliphatic rings. The summed E-state index contributed by atoms with van der Waals surface area (Å²) in [6, 6.07) is 5.57. The normalized spacial score (nSPS) is 10.7. The van der Waals surface area contributed by atoms with E-state index in [0.29, 0.717) is 5.57 Å². The lowest BCUT2D eigenvalue weighted by Gasteiger charge is -2.00. The highest BCUT2D eigenvalue weighted by Gasteiger charge is 2.13. The fourth-order valence-corrected chi connectivity index (χ4v) is 1.29. The van der Waals surface area contributed by atoms with Crippen molar-refractivity contribution >= 4 is 11.5 Å². The molecule has 0 heterocycles. The van der Waals surface area contributed by atoms with Crippen LogP contribution in [-0.2, 0) is 0 Å². The lowest BCUT2D eigenvalue weighted by Crippen LogP contribution is -2.02. The van der Waals surface area contributed by atoms with Crippen molar-refractivity contribution in [2.45, 2.75) is 0 Å². The largest absolute Gasteiger partial charge is 0.289 e. The number of hydrogen-bond acceptors (Lipinski definition) is 3. The molecule has 0 saturated carbocycles. The molecule has 0 unspecified atom stereocenters. The molecule has 1 rings (SSSR count). The van der Waals surface area contributed by atoms with Crippen LogP contribution in [0, 0.1) is 10.1 Å². The Morgan fingerprint density at radius 2 is 2.06 bits per heavy atom. The average molecular weight is 229 g/mol. The molecule has 0 radical (unpaired) electrons. The van der Waals surface area contributed by atoms with Crippen molar-refractivity contribution in [2.75, 3.05) is 0 Å². The molecule has 0 aliphatic carbocycles. The second kappa shape index (κ2) is 5.55. The summed E-state index contributed by atoms with van der Waals surface area (Å²) in [7, 11) is 0. The standard InChI is InChI=1S/C13H11NO3/c1-3-6-10(4-2)13(15)11-7-5-8-12(9-11)14(16)17/h3-9H,1-2H2/b10-6+. The minimum absolute atomic E-state index is 0.113. The highest BCUT2D eigenvalue weighted by molar-refractivity contribution is 6.10. The Morgan fingerprint density at radius 1 is 1.35 bits per heavy atom. The molecule has 0 bridgehead atoms. The molecule has 0 amide bonds. The van der Waals surface area contributed by atoms with E-state index in [2.05, 4.69) is 13.2 Å². The van der Waals surface area contributed by atoms with Gasteiger partial charge in [-0.15, -0.1) is 0 Å². The van der Waals surface area contributed by atoms with Crippen LogP contribution in [0.2, 0.25) is 0 Å². The summed E-state index contributed by atoms with van der Waals surface area (Å²) in [5, 5.41) is 10.6. The van der Waals surface area contributed by atoms with Gasteiger partial charge in [-0.25, -0.2) is 0 Å². The third-order valence-corrected chi connectivity index (χ3v) is 2.10. The number of nitro benzene ring substituents is 1. The molecule has 0 aliphatic heterocycles. The summed E-state index contributed by atoms with van der Waals surface area (Å²) in [5.74, 6) is -0.316. The van der Waals surface area contributed by atoms with Crippen LogP contribution in [0.25, 0.3) is 0 Å². The van der Waals surface area contributed by atoms with Gasteiger partial charge in [-0.05, 0) is 0 Å². The van der Waals surface area contributed by atoms with Gasteiger partial charge in [0.2, 0.25) is 0 Å². The van der Waals surface area contributed by atoms with Crippen molar-refractivity contribution in [2.24, 2.45) is 0 Å². The van der Waals surface area contributed by atoms with Crippen molar-refractivity contribution in [1.82, 2.24) is 0 Å². The Hall–Kier alpha value is -2.49. The van der Waals surface area contributed by atoms with Gasteiger partial charge in [-0.2, -0.15) is 0 Å². The molecule has 86 valence electrons. The van der Waals surface area contributed by atoms with Gasteiger partial charge in [0.25, 0.3) is 5.69 Å². The number of Topliss-reactive ketones (excluding diaryl/α,β-unsaturated/α-hetero) is 1. The first-order valence-corrected chi connectivity index (χ1v) is 4.84. The van der Waals surface area contributed by atoms with Crippen LogP contribution in [0.5, 0.6) is 0 Å². The summed E-state index contributed by atoms with van der Waals surface area (Å²) in [4.78, 5) is 22.0. The SMILES string of the molecule is C=C/C=C(\C=C)C(=O)c1cccc([N+](=O)[O-])c1. The van der Waals surface area contributed by atoms with Gasteiger partial charge >= 0.3 is 0 Å². The Balaban J connectivity index is 3.16. The zero-order valence-corrected chi connectivity index (χ0v) is 9.13. The third kappa shape index (κ3) is 2.98. The predicted octanol–water partition coefficient (Wildman–Crippen LogP) is 3.08. The van der Waals surface area contributed by atoms with Crippen molar-refractivity contribution in [3.05, 3.63) is 76.9 Å². The van der Waals surface area contributed by atoms with Crippen molar-refractivity contribution in [3.8, 4) is 0 Å². The number of non-ortho nitro benzene ring substituents is 1. The van der Waals surface area contributed by atoms with Crippen LogP contribution in [0.15, 0.2) is 61.2 Å². The first kappa shape index (κ1) is 12.6. The minimum atomic E-state index is -0.540. The highest BCUT2D eigenvalue weighted by atomic mass is 16.6. The Morgan fingerprint density at radius 3 is 2.59 bits per heavy atom. The van der Waals surface area contributed by atoms with Crippen molar-refractivity contribution < 1.29 is 9.72 Å². The molecule has 17 heavy (non-hydrogen) atoms. The van der Waals surface area contributed by atoms with E-state index in [0.717, 1.165) is 0 Å². The first-order valence-electron chi connectivity index (χ1n) is 4.84. The van der Waals surface area contributed by atoms with Gasteiger partial charge < -0.3 is 0 Å². The first-order chi connectivity index (χ1) is 8.10. The maximum atomic E-state index is 11.9. The van der Waals surface area contributed by atoms with E-state index in [4.69, 9.17) is 0 Å². The van der Waals surface area contributed by atoms with Gasteiger partial charge in [0.1, 0.15) is 0 Å². The second-order valence-corrected chi connectivity index (χ2v) is 3.20. The zero-order valence-electron chi connectivity index (χ0n) is 9.13. The highest BCUT2D eigenvalue weighted by Crippen LogP contribution is 2.16. The molecule has 4 nitrogen and oxygen atoms in total. The van der Waals surface area contributed by atoms with Gasteiger partial charge in [0, 0.05) is 23.3 Å². The van der Waals surface area contributed by atoms with Crippen molar-refractivity contribution in [1.29, 1.82) is 0 Å². The smallest absolute Gasteiger partial charge is 0.270 e. The fraction of sp³-hybridized carbons (Fsp3) is 0. The van der Waals surface area contributed by atoms with Gasteiger partial charge in [-0.1, -0.05) is 43.5 Å². The van der Waals surface area contributed by atoms with Gasteiger partial charge in [0.15, 0.2) is 5.78 Å². The Labute approximate surface area is 98.7 Å². The summed E-state index contributed by atoms with van der Waals surface area (Å²) < 4.78 is 0. The molecule has 1 aromatic carbocycles. The van der Waals surface area contributed by atoms with Crippen LogP contribution in [0.4, 0.5) is 5.69 Å². The maximum absolute atomic E-state index is 11.9. The molecule has 0 spiro atoms. The van der Waals surface area contributed by atoms with Crippen LogP contribution >= 0.6 is 0 Å². The van der Waals surface area contributed by atoms with E-state index in [1.165, 1.54) is 42.5 Å². The quantitative estimate of drug-likeness (QED) is 0.256. The lowest BCUT2D eigenvalue weighted by atomic mass is 10.0. The average Bonchev–Trinajstić information content (AvgIpc) is 2.35. The number of nitro groups is 1. The van der Waals surface area contributed by atoms with E-state index in [9.17, 15) is 14.9 Å². The molecular formula is C13H11NO3. The van der Waals surface area contributed by atoms with Gasteiger partial charge in [0.05, 0.1) is 4.92 Å². The summed E-state index contributed by atoms with van der Waals surface area (Å²) in [6.45, 7) is 7.00. The number of rotatable bonds is 5. The third-order valence-electron chi connectivity index (χ3n) is 2.10. The molecule has 0 fully saturated rings. The van der Waals surface area contributed by atoms with Gasteiger partial charge in [-0.3, -0.25) is 14.9 Å². The number of carbonyl (C=O) groups excluding carboxylic acids is 1. The van der Waals surface area contributed by atoms with Crippen LogP contribution in [-0.4, -0.2) is 10.7 Å². The predicted molar refractivity (Wildman–Crippen MR) is 65.9 cm³/mol. The van der Waals surface area contributed by atoms with E-state index in [1.807, 2.05) is 0 Å². The van der Waals surface area contributed by atoms with E-state index in [-0.39, 0.29) is 17.0 Å². The maximum Gasteiger partial charge on any atom is 0.270 e. The Kier molecular flexibility index (Phi) is 4.11. The molecular weight excluding hydrogens is 218 g/mol. The minimum Gasteiger partial charge on any atom is -0.289 e. The topological polar surface area (TPSA) is 60.2 Å². The number of hydrogen-bond donors (Lipinski definition) is 0. The number of ketones is 1. The summed E-state index contributed by atoms with van der Waals surface area (Å²) in [5.41, 5.74) is 0.491. The molecule has 0 N–H and O–H groups in total. The lowest BCUT2D eigenvalue weighted by molar-refractivity contribution is -0.384. The number of allylic oxidation sites excluding steroid dienone is 4. The molecule has 4 heteroatoms. The molecule has 1 aromatic rings. The number of benzene rings is 1. The number of carbonyl (C=O) groups is 1. The van der Waals surface area contributed by atoms with E-state index < -0.39 is 4.92 Å². The van der Waals surface area contributed by atoms with E-state index >= 15 is 0 Å². The van der Waals surface area contributed by atoms with Crippen LogP contribution < -0.4 is 0 Å². The molecule has 0 saturated heterocycles. The summed E-state index contributed by atoms with van der Waals surface area (Å²) in [6.07, 6.45) is 4.36. The fourth-order valence-electron chi connectivity index (χ4n) is 1.29.